The summed E-state index contributed by atoms with van der Waals surface area (Å²) in [6, 6.07) is 5.22. The number of halogens is 1. The quantitative estimate of drug-likeness (QED) is 0.601. The molecule has 1 aromatic rings. The zero-order chi connectivity index (χ0) is 18.8. The summed E-state index contributed by atoms with van der Waals surface area (Å²) >= 11 is 6.31. The Morgan fingerprint density at radius 3 is 2.65 bits per heavy atom. The minimum absolute atomic E-state index is 0.0489. The smallest absolute Gasteiger partial charge is 0.320 e. The standard InChI is InChI=1S/C17H20ClN6O2/c1-4-16(26)23-5-6-24(11(2)25)15(10-23)12-7-13(9-14(18)8-12)17-19-21-22(3)20-17/h4,7-9,15,17H,1,5-6,10H2,2-3H3/q+1/t15-,17?/m0/s1. The lowest BCUT2D eigenvalue weighted by molar-refractivity contribution is -0.570. The van der Waals surface area contributed by atoms with Gasteiger partial charge in [0, 0.05) is 37.1 Å². The van der Waals surface area contributed by atoms with Crippen LogP contribution in [0.4, 0.5) is 0 Å². The molecule has 0 bridgehead atoms. The van der Waals surface area contributed by atoms with E-state index in [0.717, 1.165) is 11.1 Å². The molecule has 2 amide bonds. The van der Waals surface area contributed by atoms with Gasteiger partial charge in [-0.15, -0.1) is 0 Å². The Morgan fingerprint density at radius 2 is 2.04 bits per heavy atom. The van der Waals surface area contributed by atoms with Gasteiger partial charge in [-0.25, -0.2) is 0 Å². The Labute approximate surface area is 156 Å². The van der Waals surface area contributed by atoms with Crippen LogP contribution in [-0.2, 0) is 9.59 Å². The third-order valence-electron chi connectivity index (χ3n) is 4.46. The average molecular weight is 376 g/mol. The van der Waals surface area contributed by atoms with Crippen molar-refractivity contribution in [3.05, 3.63) is 47.0 Å². The van der Waals surface area contributed by atoms with Crippen LogP contribution in [0.3, 0.4) is 0 Å². The second-order valence-electron chi connectivity index (χ2n) is 6.22. The maximum absolute atomic E-state index is 12.1. The predicted octanol–water partition coefficient (Wildman–Crippen LogP) is 2.73. The van der Waals surface area contributed by atoms with Crippen LogP contribution in [0, 0.1) is 0 Å². The van der Waals surface area contributed by atoms with Gasteiger partial charge in [0.1, 0.15) is 7.05 Å². The van der Waals surface area contributed by atoms with E-state index in [0.29, 0.717) is 24.7 Å². The summed E-state index contributed by atoms with van der Waals surface area (Å²) < 4.78 is 0. The van der Waals surface area contributed by atoms with E-state index in [1.807, 2.05) is 12.1 Å². The normalized spacial score (nSPS) is 22.3. The van der Waals surface area contributed by atoms with Crippen molar-refractivity contribution in [3.63, 3.8) is 0 Å². The van der Waals surface area contributed by atoms with Gasteiger partial charge in [-0.3, -0.25) is 9.59 Å². The van der Waals surface area contributed by atoms with Gasteiger partial charge in [-0.1, -0.05) is 18.2 Å². The summed E-state index contributed by atoms with van der Waals surface area (Å²) in [5.74, 6) is -0.200. The first-order valence-electron chi connectivity index (χ1n) is 8.23. The third kappa shape index (κ3) is 3.65. The highest BCUT2D eigenvalue weighted by Gasteiger charge is 2.33. The highest BCUT2D eigenvalue weighted by atomic mass is 35.5. The first-order chi connectivity index (χ1) is 12.4. The molecule has 8 nitrogen and oxygen atoms in total. The van der Waals surface area contributed by atoms with Crippen molar-refractivity contribution < 1.29 is 14.4 Å². The van der Waals surface area contributed by atoms with Gasteiger partial charge in [0.05, 0.1) is 11.2 Å². The molecule has 0 spiro atoms. The lowest BCUT2D eigenvalue weighted by Gasteiger charge is -2.41. The van der Waals surface area contributed by atoms with E-state index in [-0.39, 0.29) is 17.9 Å². The van der Waals surface area contributed by atoms with Crippen molar-refractivity contribution in [2.24, 2.45) is 15.5 Å². The minimum Gasteiger partial charge on any atom is -0.335 e. The maximum Gasteiger partial charge on any atom is 0.320 e. The Kier molecular flexibility index (Phi) is 5.13. The summed E-state index contributed by atoms with van der Waals surface area (Å²) in [5.41, 5.74) is 1.63. The largest absolute Gasteiger partial charge is 0.335 e. The number of carbonyl (C=O) groups excluding carboxylic acids is 2. The summed E-state index contributed by atoms with van der Waals surface area (Å²) in [6.45, 7) is 6.39. The molecule has 1 saturated heterocycles. The molecule has 2 atom stereocenters. The number of piperazine rings is 1. The molecule has 136 valence electrons. The number of benzene rings is 1. The molecule has 3 rings (SSSR count). The van der Waals surface area contributed by atoms with Gasteiger partial charge in [0.25, 0.3) is 0 Å². The van der Waals surface area contributed by atoms with Gasteiger partial charge in [0.2, 0.25) is 11.8 Å². The van der Waals surface area contributed by atoms with Crippen LogP contribution >= 0.6 is 11.6 Å². The fourth-order valence-electron chi connectivity index (χ4n) is 3.21. The monoisotopic (exact) mass is 375 g/mol. The highest BCUT2D eigenvalue weighted by molar-refractivity contribution is 6.30. The van der Waals surface area contributed by atoms with E-state index in [2.05, 4.69) is 22.0 Å². The zero-order valence-electron chi connectivity index (χ0n) is 14.7. The molecule has 2 aliphatic rings. The van der Waals surface area contributed by atoms with Gasteiger partial charge in [0.15, 0.2) is 5.22 Å². The molecule has 1 fully saturated rings. The summed E-state index contributed by atoms with van der Waals surface area (Å²) in [5, 5.41) is 12.8. The molecule has 9 heteroatoms. The van der Waals surface area contributed by atoms with Crippen molar-refractivity contribution in [3.8, 4) is 0 Å². The van der Waals surface area contributed by atoms with Crippen molar-refractivity contribution in [1.82, 2.24) is 9.80 Å². The summed E-state index contributed by atoms with van der Waals surface area (Å²) in [7, 11) is 1.70. The van der Waals surface area contributed by atoms with Crippen LogP contribution in [0.15, 0.2) is 46.3 Å². The number of nitrogens with zero attached hydrogens (tertiary/aromatic N) is 6. The fourth-order valence-corrected chi connectivity index (χ4v) is 3.47. The average Bonchev–Trinajstić information content (AvgIpc) is 3.06. The number of hydrogen-bond acceptors (Lipinski definition) is 5. The number of hydrogen-bond donors (Lipinski definition) is 0. The van der Waals surface area contributed by atoms with E-state index < -0.39 is 6.17 Å². The molecule has 1 aromatic carbocycles. The molecule has 0 aromatic heterocycles. The van der Waals surface area contributed by atoms with Gasteiger partial charge >= 0.3 is 6.17 Å². The predicted molar refractivity (Wildman–Crippen MR) is 94.6 cm³/mol. The second-order valence-corrected chi connectivity index (χ2v) is 6.65. The number of amides is 2. The Bertz CT molecular complexity index is 821. The molecule has 0 radical (unpaired) electrons. The van der Waals surface area contributed by atoms with Crippen LogP contribution < -0.4 is 0 Å². The van der Waals surface area contributed by atoms with Crippen molar-refractivity contribution in [2.75, 3.05) is 26.7 Å². The summed E-state index contributed by atoms with van der Waals surface area (Å²) in [4.78, 5) is 29.0. The van der Waals surface area contributed by atoms with Crippen LogP contribution in [0.5, 0.6) is 0 Å². The molecule has 26 heavy (non-hydrogen) atoms. The molecular weight excluding hydrogens is 356 g/mol. The van der Waals surface area contributed by atoms with E-state index in [4.69, 9.17) is 11.6 Å². The topological polar surface area (TPSA) is 80.7 Å². The first kappa shape index (κ1) is 18.2. The number of rotatable bonds is 3. The fraction of sp³-hybridized carbons (Fsp3) is 0.412. The van der Waals surface area contributed by atoms with Crippen LogP contribution in [-0.4, -0.2) is 53.1 Å². The van der Waals surface area contributed by atoms with E-state index >= 15 is 0 Å². The molecule has 0 saturated carbocycles. The number of carbonyl (C=O) groups is 2. The minimum atomic E-state index is -0.460. The first-order valence-corrected chi connectivity index (χ1v) is 8.61. The maximum atomic E-state index is 12.1. The SMILES string of the molecule is C=CC(=O)N1CCN(C(C)=O)[C@H](c2cc(Cl)cc(C3N=N[N+](C)=N3)c2)C1. The highest BCUT2D eigenvalue weighted by Crippen LogP contribution is 2.33. The number of azo groups is 1. The molecular formula is C17H20ClN6O2+. The Morgan fingerprint density at radius 1 is 1.31 bits per heavy atom. The Hall–Kier alpha value is -2.61. The van der Waals surface area contributed by atoms with Crippen molar-refractivity contribution in [2.45, 2.75) is 19.1 Å². The van der Waals surface area contributed by atoms with Gasteiger partial charge in [-0.2, -0.15) is 0 Å². The van der Waals surface area contributed by atoms with Crippen molar-refractivity contribution in [1.29, 1.82) is 0 Å². The van der Waals surface area contributed by atoms with Crippen molar-refractivity contribution >= 4 is 23.4 Å². The van der Waals surface area contributed by atoms with Gasteiger partial charge in [-0.05, 0) is 39.8 Å². The lowest BCUT2D eigenvalue weighted by atomic mass is 9.99. The molecule has 2 heterocycles. The van der Waals surface area contributed by atoms with E-state index in [1.54, 1.807) is 22.9 Å². The Balaban J connectivity index is 1.96. The zero-order valence-corrected chi connectivity index (χ0v) is 15.4. The van der Waals surface area contributed by atoms with Gasteiger partial charge < -0.3 is 9.80 Å². The van der Waals surface area contributed by atoms with E-state index in [9.17, 15) is 9.59 Å². The second kappa shape index (κ2) is 7.33. The van der Waals surface area contributed by atoms with Crippen LogP contribution in [0.25, 0.3) is 0 Å². The van der Waals surface area contributed by atoms with E-state index in [1.165, 1.54) is 17.8 Å². The molecule has 0 aliphatic carbocycles. The lowest BCUT2D eigenvalue weighted by Crippen LogP contribution is -2.51. The summed E-state index contributed by atoms with van der Waals surface area (Å²) in [6.07, 6.45) is 0.829. The van der Waals surface area contributed by atoms with Crippen LogP contribution in [0.2, 0.25) is 5.02 Å². The molecule has 2 aliphatic heterocycles. The molecule has 1 unspecified atom stereocenters. The molecule has 0 N–H and O–H groups in total. The third-order valence-corrected chi connectivity index (χ3v) is 4.68. The van der Waals surface area contributed by atoms with Crippen LogP contribution in [0.1, 0.15) is 30.3 Å².